The Hall–Kier alpha value is -2.50. The minimum Gasteiger partial charge on any atom is -0.408 e. The monoisotopic (exact) mass is 230 g/mol. The van der Waals surface area contributed by atoms with E-state index in [1.807, 2.05) is 13.0 Å². The summed E-state index contributed by atoms with van der Waals surface area (Å²) in [5, 5.41) is 6.79. The van der Waals surface area contributed by atoms with Gasteiger partial charge < -0.3 is 10.2 Å². The average molecular weight is 230 g/mol. The van der Waals surface area contributed by atoms with E-state index < -0.39 is 5.76 Å². The van der Waals surface area contributed by atoms with Gasteiger partial charge in [-0.2, -0.15) is 5.10 Å². The van der Waals surface area contributed by atoms with Gasteiger partial charge in [0.15, 0.2) is 5.58 Å². The molecule has 4 N–H and O–H groups in total. The summed E-state index contributed by atoms with van der Waals surface area (Å²) in [5.74, 6) is 0.00798. The number of nitrogens with two attached hydrogens (primary N) is 1. The third kappa shape index (κ3) is 1.42. The molecule has 0 aliphatic rings. The number of aromatic amines is 2. The number of nitrogens with one attached hydrogen (secondary N) is 2. The van der Waals surface area contributed by atoms with E-state index in [1.165, 1.54) is 0 Å². The molecule has 3 aromatic rings. The standard InChI is InChI=1S/C11H10N4O2/c1-5-9(14-15-10(5)12)6-2-3-7-8(4-6)17-11(16)13-7/h2-4H,1H3,(H,13,16)(H3,12,14,15). The van der Waals surface area contributed by atoms with Crippen molar-refractivity contribution in [2.75, 3.05) is 5.73 Å². The molecule has 0 atom stereocenters. The van der Waals surface area contributed by atoms with E-state index in [4.69, 9.17) is 10.2 Å². The van der Waals surface area contributed by atoms with Gasteiger partial charge in [0.1, 0.15) is 5.82 Å². The molecular formula is C11H10N4O2. The summed E-state index contributed by atoms with van der Waals surface area (Å²) in [6, 6.07) is 5.42. The molecule has 0 aliphatic carbocycles. The van der Waals surface area contributed by atoms with Gasteiger partial charge in [-0.25, -0.2) is 4.79 Å². The molecule has 1 aromatic carbocycles. The number of anilines is 1. The molecule has 0 fully saturated rings. The molecule has 0 bridgehead atoms. The lowest BCUT2D eigenvalue weighted by Gasteiger charge is -1.98. The van der Waals surface area contributed by atoms with Crippen LogP contribution < -0.4 is 11.5 Å². The number of fused-ring (bicyclic) bond motifs is 1. The predicted molar refractivity (Wildman–Crippen MR) is 63.6 cm³/mol. The lowest BCUT2D eigenvalue weighted by atomic mass is 10.1. The Labute approximate surface area is 95.4 Å². The molecule has 0 amide bonds. The molecule has 2 heterocycles. The van der Waals surface area contributed by atoms with Crippen LogP contribution in [0.2, 0.25) is 0 Å². The van der Waals surface area contributed by atoms with Crippen molar-refractivity contribution in [3.63, 3.8) is 0 Å². The normalized spacial score (nSPS) is 11.1. The largest absolute Gasteiger partial charge is 0.417 e. The minimum absolute atomic E-state index is 0.460. The summed E-state index contributed by atoms with van der Waals surface area (Å²) in [5.41, 5.74) is 9.44. The number of hydrogen-bond donors (Lipinski definition) is 3. The molecule has 6 heteroatoms. The van der Waals surface area contributed by atoms with Crippen LogP contribution in [0.15, 0.2) is 27.4 Å². The van der Waals surface area contributed by atoms with Crippen molar-refractivity contribution in [3.8, 4) is 11.3 Å². The van der Waals surface area contributed by atoms with Gasteiger partial charge >= 0.3 is 5.76 Å². The van der Waals surface area contributed by atoms with Gasteiger partial charge in [0.05, 0.1) is 11.2 Å². The second kappa shape index (κ2) is 3.24. The number of hydrogen-bond acceptors (Lipinski definition) is 4. The summed E-state index contributed by atoms with van der Waals surface area (Å²) >= 11 is 0. The van der Waals surface area contributed by atoms with Crippen molar-refractivity contribution < 1.29 is 4.42 Å². The van der Waals surface area contributed by atoms with Crippen molar-refractivity contribution in [2.24, 2.45) is 0 Å². The van der Waals surface area contributed by atoms with Crippen molar-refractivity contribution in [1.82, 2.24) is 15.2 Å². The van der Waals surface area contributed by atoms with Crippen LogP contribution in [-0.4, -0.2) is 15.2 Å². The maximum Gasteiger partial charge on any atom is 0.417 e. The lowest BCUT2D eigenvalue weighted by Crippen LogP contribution is -1.92. The fraction of sp³-hybridized carbons (Fsp3) is 0.0909. The van der Waals surface area contributed by atoms with Gasteiger partial charge in [-0.1, -0.05) is 6.07 Å². The number of aromatic nitrogens is 3. The zero-order valence-electron chi connectivity index (χ0n) is 9.07. The van der Waals surface area contributed by atoms with Crippen LogP contribution in [0.3, 0.4) is 0 Å². The number of oxazole rings is 1. The predicted octanol–water partition coefficient (Wildman–Crippen LogP) is 1.40. The maximum absolute atomic E-state index is 11.0. The Morgan fingerprint density at radius 2 is 2.24 bits per heavy atom. The van der Waals surface area contributed by atoms with Crippen molar-refractivity contribution in [1.29, 1.82) is 0 Å². The Morgan fingerprint density at radius 3 is 2.94 bits per heavy atom. The molecule has 0 saturated carbocycles. The van der Waals surface area contributed by atoms with Gasteiger partial charge in [0.2, 0.25) is 0 Å². The molecule has 0 radical (unpaired) electrons. The molecule has 0 saturated heterocycles. The Bertz CT molecular complexity index is 750. The summed E-state index contributed by atoms with van der Waals surface area (Å²) in [7, 11) is 0. The number of H-pyrrole nitrogens is 2. The second-order valence-corrected chi connectivity index (χ2v) is 3.83. The van der Waals surface area contributed by atoms with Crippen LogP contribution in [0.5, 0.6) is 0 Å². The Balaban J connectivity index is 2.24. The van der Waals surface area contributed by atoms with Gasteiger partial charge in [-0.05, 0) is 19.1 Å². The highest BCUT2D eigenvalue weighted by Gasteiger charge is 2.10. The summed E-state index contributed by atoms with van der Waals surface area (Å²) < 4.78 is 5.00. The molecule has 0 aliphatic heterocycles. The van der Waals surface area contributed by atoms with Crippen LogP contribution in [0, 0.1) is 6.92 Å². The molecule has 0 spiro atoms. The highest BCUT2D eigenvalue weighted by molar-refractivity contribution is 5.80. The topological polar surface area (TPSA) is 101 Å². The number of nitrogens with zero attached hydrogens (tertiary/aromatic N) is 1. The van der Waals surface area contributed by atoms with Crippen LogP contribution in [0.25, 0.3) is 22.4 Å². The minimum atomic E-state index is -0.460. The fourth-order valence-electron chi connectivity index (χ4n) is 1.79. The third-order valence-electron chi connectivity index (χ3n) is 2.76. The molecule has 3 rings (SSSR count). The Morgan fingerprint density at radius 1 is 1.41 bits per heavy atom. The molecule has 2 aromatic heterocycles. The summed E-state index contributed by atoms with van der Waals surface area (Å²) in [6.45, 7) is 1.88. The zero-order valence-corrected chi connectivity index (χ0v) is 9.07. The third-order valence-corrected chi connectivity index (χ3v) is 2.76. The van der Waals surface area contributed by atoms with E-state index in [2.05, 4.69) is 15.2 Å². The summed E-state index contributed by atoms with van der Waals surface area (Å²) in [4.78, 5) is 13.6. The highest BCUT2D eigenvalue weighted by atomic mass is 16.4. The van der Waals surface area contributed by atoms with Crippen LogP contribution in [0.1, 0.15) is 5.56 Å². The first-order chi connectivity index (χ1) is 8.15. The van der Waals surface area contributed by atoms with Gasteiger partial charge in [-0.3, -0.25) is 10.1 Å². The SMILES string of the molecule is Cc1c(N)n[nH]c1-c1ccc2[nH]c(=O)oc2c1. The van der Waals surface area contributed by atoms with Crippen molar-refractivity contribution in [2.45, 2.75) is 6.92 Å². The van der Waals surface area contributed by atoms with E-state index in [0.717, 1.165) is 16.8 Å². The van der Waals surface area contributed by atoms with Crippen molar-refractivity contribution >= 4 is 16.9 Å². The zero-order chi connectivity index (χ0) is 12.0. The average Bonchev–Trinajstić information content (AvgIpc) is 2.81. The molecule has 6 nitrogen and oxygen atoms in total. The van der Waals surface area contributed by atoms with Gasteiger partial charge in [-0.15, -0.1) is 0 Å². The number of benzene rings is 1. The van der Waals surface area contributed by atoms with E-state index in [1.54, 1.807) is 12.1 Å². The first-order valence-corrected chi connectivity index (χ1v) is 5.09. The maximum atomic E-state index is 11.0. The first-order valence-electron chi connectivity index (χ1n) is 5.09. The fourth-order valence-corrected chi connectivity index (χ4v) is 1.79. The van der Waals surface area contributed by atoms with Gasteiger partial charge in [0.25, 0.3) is 0 Å². The quantitative estimate of drug-likeness (QED) is 0.588. The van der Waals surface area contributed by atoms with Crippen molar-refractivity contribution in [3.05, 3.63) is 34.3 Å². The Kier molecular flexibility index (Phi) is 1.85. The lowest BCUT2D eigenvalue weighted by molar-refractivity contribution is 0.555. The van der Waals surface area contributed by atoms with E-state index >= 15 is 0 Å². The number of nitrogen functional groups attached to an aromatic ring is 1. The van der Waals surface area contributed by atoms with Crippen LogP contribution in [-0.2, 0) is 0 Å². The summed E-state index contributed by atoms with van der Waals surface area (Å²) in [6.07, 6.45) is 0. The first kappa shape index (κ1) is 9.71. The van der Waals surface area contributed by atoms with E-state index in [-0.39, 0.29) is 0 Å². The smallest absolute Gasteiger partial charge is 0.408 e. The van der Waals surface area contributed by atoms with Gasteiger partial charge in [0, 0.05) is 11.1 Å². The van der Waals surface area contributed by atoms with Crippen LogP contribution in [0.4, 0.5) is 5.82 Å². The molecule has 0 unspecified atom stereocenters. The molecule has 86 valence electrons. The van der Waals surface area contributed by atoms with Crippen LogP contribution >= 0.6 is 0 Å². The van der Waals surface area contributed by atoms with E-state index in [9.17, 15) is 4.79 Å². The number of rotatable bonds is 1. The highest BCUT2D eigenvalue weighted by Crippen LogP contribution is 2.26. The molecule has 17 heavy (non-hydrogen) atoms. The molecular weight excluding hydrogens is 220 g/mol. The second-order valence-electron chi connectivity index (χ2n) is 3.83. The van der Waals surface area contributed by atoms with E-state index in [0.29, 0.717) is 16.9 Å².